The van der Waals surface area contributed by atoms with E-state index in [4.69, 9.17) is 10.5 Å². The molecule has 1 rings (SSSR count). The highest BCUT2D eigenvalue weighted by atomic mass is 32.2. The third-order valence-electron chi connectivity index (χ3n) is 2.61. The number of nitrogen functional groups attached to an aromatic ring is 1. The van der Waals surface area contributed by atoms with Crippen LogP contribution >= 0.6 is 0 Å². The molecule has 20 heavy (non-hydrogen) atoms. The van der Waals surface area contributed by atoms with E-state index < -0.39 is 31.6 Å². The van der Waals surface area contributed by atoms with Crippen molar-refractivity contribution in [3.8, 4) is 0 Å². The van der Waals surface area contributed by atoms with E-state index >= 15 is 0 Å². The van der Waals surface area contributed by atoms with Crippen molar-refractivity contribution < 1.29 is 18.1 Å². The SMILES string of the molecule is COCCC(C)NS(=O)(=O)c1cccc(N)c1[N+](=O)[O-]. The van der Waals surface area contributed by atoms with Crippen LogP contribution in [0.1, 0.15) is 13.3 Å². The molecule has 1 aromatic carbocycles. The molecule has 1 unspecified atom stereocenters. The van der Waals surface area contributed by atoms with Crippen LogP contribution < -0.4 is 10.5 Å². The van der Waals surface area contributed by atoms with Gasteiger partial charge in [0.15, 0.2) is 4.90 Å². The first kappa shape index (κ1) is 16.3. The second kappa shape index (κ2) is 6.64. The lowest BCUT2D eigenvalue weighted by Gasteiger charge is -2.14. The molecule has 0 fully saturated rings. The molecular weight excluding hydrogens is 286 g/mol. The Labute approximate surface area is 117 Å². The van der Waals surface area contributed by atoms with Gasteiger partial charge in [-0.3, -0.25) is 10.1 Å². The molecule has 112 valence electrons. The molecule has 0 aliphatic heterocycles. The van der Waals surface area contributed by atoms with Crippen LogP contribution in [0.15, 0.2) is 23.1 Å². The number of nitrogens with two attached hydrogens (primary N) is 1. The third kappa shape index (κ3) is 3.89. The minimum Gasteiger partial charge on any atom is -0.393 e. The maximum absolute atomic E-state index is 12.2. The summed E-state index contributed by atoms with van der Waals surface area (Å²) in [6.07, 6.45) is 0.450. The predicted octanol–water partition coefficient (Wildman–Crippen LogP) is 0.880. The lowest BCUT2D eigenvalue weighted by atomic mass is 10.3. The van der Waals surface area contributed by atoms with E-state index in [1.165, 1.54) is 19.2 Å². The number of ether oxygens (including phenoxy) is 1. The smallest absolute Gasteiger partial charge is 0.312 e. The third-order valence-corrected chi connectivity index (χ3v) is 4.23. The average molecular weight is 303 g/mol. The number of hydrogen-bond donors (Lipinski definition) is 2. The van der Waals surface area contributed by atoms with E-state index in [1.807, 2.05) is 0 Å². The Morgan fingerprint density at radius 3 is 2.70 bits per heavy atom. The van der Waals surface area contributed by atoms with Crippen LogP contribution in [0.3, 0.4) is 0 Å². The van der Waals surface area contributed by atoms with E-state index in [2.05, 4.69) is 4.72 Å². The number of rotatable bonds is 7. The van der Waals surface area contributed by atoms with Crippen molar-refractivity contribution in [3.05, 3.63) is 28.3 Å². The summed E-state index contributed by atoms with van der Waals surface area (Å²) >= 11 is 0. The molecule has 0 bridgehead atoms. The zero-order chi connectivity index (χ0) is 15.3. The highest BCUT2D eigenvalue weighted by molar-refractivity contribution is 7.89. The van der Waals surface area contributed by atoms with Crippen molar-refractivity contribution >= 4 is 21.4 Å². The first-order chi connectivity index (χ1) is 9.29. The summed E-state index contributed by atoms with van der Waals surface area (Å²) in [6, 6.07) is 3.38. The Bertz CT molecular complexity index is 588. The van der Waals surface area contributed by atoms with Gasteiger partial charge in [0.1, 0.15) is 5.69 Å². The van der Waals surface area contributed by atoms with E-state index in [-0.39, 0.29) is 5.69 Å². The Balaban J connectivity index is 3.10. The number of anilines is 1. The van der Waals surface area contributed by atoms with E-state index in [0.29, 0.717) is 13.0 Å². The highest BCUT2D eigenvalue weighted by Gasteiger charge is 2.28. The van der Waals surface area contributed by atoms with Gasteiger partial charge in [-0.05, 0) is 25.5 Å². The number of para-hydroxylation sites is 1. The van der Waals surface area contributed by atoms with Gasteiger partial charge >= 0.3 is 5.69 Å². The molecule has 0 saturated heterocycles. The van der Waals surface area contributed by atoms with Crippen LogP contribution in [-0.4, -0.2) is 33.1 Å². The molecule has 1 aromatic rings. The fourth-order valence-electron chi connectivity index (χ4n) is 1.63. The molecule has 0 saturated carbocycles. The van der Waals surface area contributed by atoms with Crippen molar-refractivity contribution in [2.24, 2.45) is 0 Å². The normalized spacial score (nSPS) is 13.1. The minimum absolute atomic E-state index is 0.192. The van der Waals surface area contributed by atoms with Crippen molar-refractivity contribution in [1.29, 1.82) is 0 Å². The van der Waals surface area contributed by atoms with Crippen LogP contribution in [0.5, 0.6) is 0 Å². The van der Waals surface area contributed by atoms with Gasteiger partial charge in [0.05, 0.1) is 4.92 Å². The molecule has 0 radical (unpaired) electrons. The van der Waals surface area contributed by atoms with Gasteiger partial charge < -0.3 is 10.5 Å². The van der Waals surface area contributed by atoms with Gasteiger partial charge in [0, 0.05) is 19.8 Å². The average Bonchev–Trinajstić information content (AvgIpc) is 2.35. The summed E-state index contributed by atoms with van der Waals surface area (Å²) in [7, 11) is -2.51. The molecule has 0 heterocycles. The maximum atomic E-state index is 12.2. The first-order valence-corrected chi connectivity index (χ1v) is 7.32. The quantitative estimate of drug-likeness (QED) is 0.437. The number of hydrogen-bond acceptors (Lipinski definition) is 6. The van der Waals surface area contributed by atoms with Crippen LogP contribution in [0.25, 0.3) is 0 Å². The van der Waals surface area contributed by atoms with Gasteiger partial charge in [0.2, 0.25) is 10.0 Å². The van der Waals surface area contributed by atoms with Gasteiger partial charge in [0.25, 0.3) is 0 Å². The van der Waals surface area contributed by atoms with Crippen molar-refractivity contribution in [2.45, 2.75) is 24.3 Å². The lowest BCUT2D eigenvalue weighted by molar-refractivity contribution is -0.386. The first-order valence-electron chi connectivity index (χ1n) is 5.83. The molecule has 9 heteroatoms. The fourth-order valence-corrected chi connectivity index (χ4v) is 3.11. The Kier molecular flexibility index (Phi) is 5.43. The zero-order valence-corrected chi connectivity index (χ0v) is 12.0. The molecule has 1 atom stereocenters. The molecule has 0 aliphatic carbocycles. The van der Waals surface area contributed by atoms with Crippen LogP contribution in [0.4, 0.5) is 11.4 Å². The topological polar surface area (TPSA) is 125 Å². The molecule has 3 N–H and O–H groups in total. The maximum Gasteiger partial charge on any atom is 0.312 e. The second-order valence-electron chi connectivity index (χ2n) is 4.25. The fraction of sp³-hybridized carbons (Fsp3) is 0.455. The number of methoxy groups -OCH3 is 1. The summed E-state index contributed by atoms with van der Waals surface area (Å²) in [4.78, 5) is 9.72. The standard InChI is InChI=1S/C11H17N3O5S/c1-8(6-7-19-2)13-20(17,18)10-5-3-4-9(12)11(10)14(15)16/h3-5,8,13H,6-7,12H2,1-2H3. The summed E-state index contributed by atoms with van der Waals surface area (Å²) in [6.45, 7) is 2.03. The minimum atomic E-state index is -4.02. The number of benzene rings is 1. The predicted molar refractivity (Wildman–Crippen MR) is 73.8 cm³/mol. The Morgan fingerprint density at radius 1 is 1.50 bits per heavy atom. The molecule has 8 nitrogen and oxygen atoms in total. The van der Waals surface area contributed by atoms with Crippen molar-refractivity contribution in [1.82, 2.24) is 4.72 Å². The number of sulfonamides is 1. The van der Waals surface area contributed by atoms with Crippen molar-refractivity contribution in [3.63, 3.8) is 0 Å². The summed E-state index contributed by atoms with van der Waals surface area (Å²) < 4.78 is 31.6. The molecule has 0 aromatic heterocycles. The summed E-state index contributed by atoms with van der Waals surface area (Å²) in [5, 5.41) is 11.0. The number of nitro groups is 1. The van der Waals surface area contributed by atoms with Gasteiger partial charge in [-0.25, -0.2) is 13.1 Å². The van der Waals surface area contributed by atoms with Gasteiger partial charge in [-0.2, -0.15) is 0 Å². The summed E-state index contributed by atoms with van der Waals surface area (Å²) in [5.74, 6) is 0. The van der Waals surface area contributed by atoms with E-state index in [9.17, 15) is 18.5 Å². The highest BCUT2D eigenvalue weighted by Crippen LogP contribution is 2.29. The Hall–Kier alpha value is -1.71. The van der Waals surface area contributed by atoms with Gasteiger partial charge in [-0.15, -0.1) is 0 Å². The second-order valence-corrected chi connectivity index (χ2v) is 5.94. The van der Waals surface area contributed by atoms with E-state index in [0.717, 1.165) is 6.07 Å². The van der Waals surface area contributed by atoms with Crippen molar-refractivity contribution in [2.75, 3.05) is 19.5 Å². The molecule has 0 spiro atoms. The molecule has 0 amide bonds. The number of nitro benzene ring substituents is 1. The lowest BCUT2D eigenvalue weighted by Crippen LogP contribution is -2.33. The zero-order valence-electron chi connectivity index (χ0n) is 11.2. The van der Waals surface area contributed by atoms with Crippen LogP contribution in [0.2, 0.25) is 0 Å². The largest absolute Gasteiger partial charge is 0.393 e. The molecular formula is C11H17N3O5S. The van der Waals surface area contributed by atoms with Crippen LogP contribution in [-0.2, 0) is 14.8 Å². The number of nitrogens with one attached hydrogen (secondary N) is 1. The Morgan fingerprint density at radius 2 is 2.15 bits per heavy atom. The summed E-state index contributed by atoms with van der Waals surface area (Å²) in [5.41, 5.74) is 4.67. The van der Waals surface area contributed by atoms with Gasteiger partial charge in [-0.1, -0.05) is 6.07 Å². The van der Waals surface area contributed by atoms with Crippen LogP contribution in [0, 0.1) is 10.1 Å². The van der Waals surface area contributed by atoms with E-state index in [1.54, 1.807) is 6.92 Å². The number of nitrogens with zero attached hydrogens (tertiary/aromatic N) is 1. The monoisotopic (exact) mass is 303 g/mol. The molecule has 0 aliphatic rings.